The zero-order valence-corrected chi connectivity index (χ0v) is 20.0. The van der Waals surface area contributed by atoms with E-state index in [1.165, 1.54) is 49.6 Å². The van der Waals surface area contributed by atoms with Gasteiger partial charge in [-0.3, -0.25) is 4.72 Å². The van der Waals surface area contributed by atoms with E-state index in [2.05, 4.69) is 9.82 Å². The third-order valence-corrected chi connectivity index (χ3v) is 7.56. The summed E-state index contributed by atoms with van der Waals surface area (Å²) < 4.78 is 73.0. The van der Waals surface area contributed by atoms with Gasteiger partial charge in [0.25, 0.3) is 10.0 Å². The highest BCUT2D eigenvalue weighted by atomic mass is 32.2. The van der Waals surface area contributed by atoms with Gasteiger partial charge in [-0.2, -0.15) is 17.9 Å². The number of rotatable bonds is 7. The molecule has 0 spiro atoms. The number of anilines is 1. The number of hydrazone groups is 1. The number of benzene rings is 3. The molecule has 0 amide bonds. The molecular weight excluding hydrogens is 481 g/mol. The fraction of sp³-hybridized carbons (Fsp3) is 0.174. The zero-order valence-electron chi connectivity index (χ0n) is 18.3. The molecule has 178 valence electrons. The van der Waals surface area contributed by atoms with Crippen LogP contribution in [0.3, 0.4) is 0 Å². The predicted molar refractivity (Wildman–Crippen MR) is 127 cm³/mol. The Labute approximate surface area is 197 Å². The number of nitrogens with one attached hydrogen (secondary N) is 1. The van der Waals surface area contributed by atoms with Crippen LogP contribution in [-0.4, -0.2) is 40.3 Å². The summed E-state index contributed by atoms with van der Waals surface area (Å²) in [5, 5.41) is 4.38. The minimum atomic E-state index is -4.12. The van der Waals surface area contributed by atoms with E-state index in [0.29, 0.717) is 22.7 Å². The number of methoxy groups -OCH3 is 1. The molecule has 1 aliphatic heterocycles. The first-order chi connectivity index (χ1) is 16.1. The maximum absolute atomic E-state index is 14.7. The molecule has 3 aromatic rings. The van der Waals surface area contributed by atoms with Crippen molar-refractivity contribution in [3.8, 4) is 5.75 Å². The van der Waals surface area contributed by atoms with E-state index in [1.54, 1.807) is 30.3 Å². The predicted octanol–water partition coefficient (Wildman–Crippen LogP) is 3.75. The summed E-state index contributed by atoms with van der Waals surface area (Å²) in [4.78, 5) is -0.00709. The highest BCUT2D eigenvalue weighted by Crippen LogP contribution is 2.38. The highest BCUT2D eigenvalue weighted by Gasteiger charge is 2.38. The Balaban J connectivity index is 1.74. The molecule has 0 saturated carbocycles. The summed E-state index contributed by atoms with van der Waals surface area (Å²) in [5.74, 6) is -0.0374. The standard InChI is InChI=1S/C23H22FN3O5S2/c1-32-18-11-13-19(14-12-18)34(30,31)27-23(20-5-3-4-6-21(20)24)15-22(25-27)16-7-9-17(10-8-16)26-33(2,28)29/h3-14,23,26H,15H2,1-2H3/t23-/m0/s1. The van der Waals surface area contributed by atoms with Crippen LogP contribution in [0.2, 0.25) is 0 Å². The zero-order chi connectivity index (χ0) is 24.5. The topological polar surface area (TPSA) is 105 Å². The minimum absolute atomic E-state index is 0.00709. The quantitative estimate of drug-likeness (QED) is 0.529. The average molecular weight is 504 g/mol. The van der Waals surface area contributed by atoms with Gasteiger partial charge < -0.3 is 4.74 Å². The Morgan fingerprint density at radius 3 is 2.21 bits per heavy atom. The first kappa shape index (κ1) is 23.7. The van der Waals surface area contributed by atoms with E-state index in [4.69, 9.17) is 4.74 Å². The van der Waals surface area contributed by atoms with Gasteiger partial charge >= 0.3 is 0 Å². The average Bonchev–Trinajstić information content (AvgIpc) is 3.25. The molecule has 1 aliphatic rings. The van der Waals surface area contributed by atoms with Crippen molar-refractivity contribution in [2.75, 3.05) is 18.1 Å². The van der Waals surface area contributed by atoms with Crippen molar-refractivity contribution in [2.24, 2.45) is 5.10 Å². The second-order valence-corrected chi connectivity index (χ2v) is 11.2. The van der Waals surface area contributed by atoms with Crippen molar-refractivity contribution >= 4 is 31.4 Å². The van der Waals surface area contributed by atoms with Gasteiger partial charge in [0.15, 0.2) is 0 Å². The Bertz CT molecular complexity index is 1440. The Morgan fingerprint density at radius 2 is 1.62 bits per heavy atom. The molecule has 1 N–H and O–H groups in total. The number of ether oxygens (including phenoxy) is 1. The van der Waals surface area contributed by atoms with Crippen LogP contribution in [0.4, 0.5) is 10.1 Å². The fourth-order valence-electron chi connectivity index (χ4n) is 3.66. The molecule has 1 atom stereocenters. The van der Waals surface area contributed by atoms with Crippen LogP contribution in [-0.2, 0) is 20.0 Å². The van der Waals surface area contributed by atoms with Gasteiger partial charge in [-0.1, -0.05) is 30.3 Å². The van der Waals surface area contributed by atoms with Crippen LogP contribution >= 0.6 is 0 Å². The van der Waals surface area contributed by atoms with E-state index in [1.807, 2.05) is 0 Å². The van der Waals surface area contributed by atoms with Crippen LogP contribution in [0, 0.1) is 5.82 Å². The lowest BCUT2D eigenvalue weighted by atomic mass is 9.99. The van der Waals surface area contributed by atoms with Crippen LogP contribution in [0.1, 0.15) is 23.6 Å². The molecule has 8 nitrogen and oxygen atoms in total. The maximum atomic E-state index is 14.7. The number of sulfonamides is 2. The molecule has 4 rings (SSSR count). The molecule has 0 aliphatic carbocycles. The Hall–Kier alpha value is -3.44. The number of hydrogen-bond donors (Lipinski definition) is 1. The molecule has 0 radical (unpaired) electrons. The second kappa shape index (κ2) is 9.07. The number of hydrogen-bond acceptors (Lipinski definition) is 6. The lowest BCUT2D eigenvalue weighted by Gasteiger charge is -2.23. The monoisotopic (exact) mass is 503 g/mol. The van der Waals surface area contributed by atoms with Gasteiger partial charge in [0, 0.05) is 17.7 Å². The molecule has 34 heavy (non-hydrogen) atoms. The molecular formula is C23H22FN3O5S2. The van der Waals surface area contributed by atoms with Gasteiger partial charge in [-0.25, -0.2) is 12.8 Å². The summed E-state index contributed by atoms with van der Waals surface area (Å²) in [6.07, 6.45) is 1.18. The van der Waals surface area contributed by atoms with Gasteiger partial charge in [0.2, 0.25) is 10.0 Å². The Kier molecular flexibility index (Phi) is 6.32. The molecule has 0 aromatic heterocycles. The largest absolute Gasteiger partial charge is 0.497 e. The molecule has 3 aromatic carbocycles. The SMILES string of the molecule is COc1ccc(S(=O)(=O)N2N=C(c3ccc(NS(C)(=O)=O)cc3)C[C@H]2c2ccccc2F)cc1. The van der Waals surface area contributed by atoms with Crippen molar-refractivity contribution in [1.29, 1.82) is 0 Å². The van der Waals surface area contributed by atoms with Crippen molar-refractivity contribution in [3.05, 3.63) is 89.7 Å². The lowest BCUT2D eigenvalue weighted by molar-refractivity contribution is 0.362. The van der Waals surface area contributed by atoms with Crippen LogP contribution in [0.5, 0.6) is 5.75 Å². The van der Waals surface area contributed by atoms with E-state index in [9.17, 15) is 21.2 Å². The van der Waals surface area contributed by atoms with Crippen molar-refractivity contribution in [1.82, 2.24) is 4.41 Å². The first-order valence-corrected chi connectivity index (χ1v) is 13.5. The van der Waals surface area contributed by atoms with E-state index < -0.39 is 31.9 Å². The summed E-state index contributed by atoms with van der Waals surface area (Å²) in [7, 11) is -6.08. The highest BCUT2D eigenvalue weighted by molar-refractivity contribution is 7.92. The summed E-state index contributed by atoms with van der Waals surface area (Å²) >= 11 is 0. The normalized spacial score (nSPS) is 16.3. The smallest absolute Gasteiger partial charge is 0.279 e. The molecule has 0 unspecified atom stereocenters. The summed E-state index contributed by atoms with van der Waals surface area (Å²) in [6.45, 7) is 0. The van der Waals surface area contributed by atoms with Gasteiger partial charge in [0.05, 0.1) is 30.0 Å². The summed E-state index contributed by atoms with van der Waals surface area (Å²) in [5.41, 5.74) is 1.58. The molecule has 1 heterocycles. The van der Waals surface area contributed by atoms with E-state index >= 15 is 0 Å². The van der Waals surface area contributed by atoms with Crippen molar-refractivity contribution in [2.45, 2.75) is 17.4 Å². The van der Waals surface area contributed by atoms with Crippen molar-refractivity contribution < 1.29 is 26.0 Å². The van der Waals surface area contributed by atoms with Gasteiger partial charge in [-0.05, 0) is 48.0 Å². The molecule has 0 saturated heterocycles. The number of halogens is 1. The third kappa shape index (κ3) is 4.90. The van der Waals surface area contributed by atoms with Gasteiger partial charge in [0.1, 0.15) is 11.6 Å². The summed E-state index contributed by atoms with van der Waals surface area (Å²) in [6, 6.07) is 17.3. The fourth-order valence-corrected chi connectivity index (χ4v) is 5.65. The van der Waals surface area contributed by atoms with E-state index in [0.717, 1.165) is 10.7 Å². The molecule has 0 fully saturated rings. The van der Waals surface area contributed by atoms with Crippen LogP contribution in [0.15, 0.2) is 82.8 Å². The second-order valence-electron chi connectivity index (χ2n) is 7.69. The number of nitrogens with zero attached hydrogens (tertiary/aromatic N) is 2. The third-order valence-electron chi connectivity index (χ3n) is 5.26. The van der Waals surface area contributed by atoms with Crippen molar-refractivity contribution in [3.63, 3.8) is 0 Å². The lowest BCUT2D eigenvalue weighted by Crippen LogP contribution is -2.27. The van der Waals surface area contributed by atoms with Gasteiger partial charge in [-0.15, -0.1) is 0 Å². The van der Waals surface area contributed by atoms with Crippen LogP contribution < -0.4 is 9.46 Å². The van der Waals surface area contributed by atoms with E-state index in [-0.39, 0.29) is 16.9 Å². The Morgan fingerprint density at radius 1 is 0.971 bits per heavy atom. The molecule has 0 bridgehead atoms. The molecule has 11 heteroatoms. The first-order valence-electron chi connectivity index (χ1n) is 10.2. The maximum Gasteiger partial charge on any atom is 0.279 e. The minimum Gasteiger partial charge on any atom is -0.497 e. The van der Waals surface area contributed by atoms with Crippen LogP contribution in [0.25, 0.3) is 0 Å².